The molecule has 9 heteroatoms. The van der Waals surface area contributed by atoms with Crippen molar-refractivity contribution in [2.45, 2.75) is 57.0 Å². The van der Waals surface area contributed by atoms with E-state index in [9.17, 15) is 19.1 Å². The van der Waals surface area contributed by atoms with Gasteiger partial charge in [-0.05, 0) is 73.5 Å². The van der Waals surface area contributed by atoms with E-state index in [1.165, 1.54) is 16.8 Å². The van der Waals surface area contributed by atoms with Gasteiger partial charge in [-0.15, -0.1) is 0 Å². The van der Waals surface area contributed by atoms with E-state index in [1.807, 2.05) is 0 Å². The van der Waals surface area contributed by atoms with E-state index in [2.05, 4.69) is 10.4 Å². The van der Waals surface area contributed by atoms with Crippen molar-refractivity contribution in [2.75, 3.05) is 5.32 Å². The Balaban J connectivity index is 1.43. The third-order valence-electron chi connectivity index (χ3n) is 7.53. The Bertz CT molecular complexity index is 1140. The molecule has 1 aromatic carbocycles. The van der Waals surface area contributed by atoms with Gasteiger partial charge >= 0.3 is 5.97 Å². The number of carbonyl (C=O) groups is 1. The van der Waals surface area contributed by atoms with E-state index in [0.717, 1.165) is 32.1 Å². The SMILES string of the molecule is O=C(O)CC12C[C@@H]3C[C@@H](C1)CC(n1ncc(NCc4ccc(F)cc4Cl)c(Cl)c1=O)(C3)C2. The molecule has 2 N–H and O–H groups in total. The molecule has 4 aliphatic carbocycles. The summed E-state index contributed by atoms with van der Waals surface area (Å²) in [6.45, 7) is 0.265. The average molecular weight is 480 g/mol. The van der Waals surface area contributed by atoms with Crippen molar-refractivity contribution in [3.8, 4) is 0 Å². The first-order valence-electron chi connectivity index (χ1n) is 10.9. The van der Waals surface area contributed by atoms with E-state index >= 15 is 0 Å². The second-order valence-corrected chi connectivity index (χ2v) is 10.7. The average Bonchev–Trinajstić information content (AvgIpc) is 2.68. The molecule has 4 fully saturated rings. The van der Waals surface area contributed by atoms with Gasteiger partial charge in [-0.25, -0.2) is 9.07 Å². The zero-order valence-electron chi connectivity index (χ0n) is 17.4. The largest absolute Gasteiger partial charge is 0.481 e. The van der Waals surface area contributed by atoms with Gasteiger partial charge in [0.25, 0.3) is 5.56 Å². The molecular formula is C23H24Cl2FN3O3. The molecule has 4 aliphatic rings. The first kappa shape index (κ1) is 21.7. The number of rotatable bonds is 6. The summed E-state index contributed by atoms with van der Waals surface area (Å²) in [7, 11) is 0. The number of carboxylic acid groups (broad SMARTS) is 1. The van der Waals surface area contributed by atoms with Crippen LogP contribution in [-0.4, -0.2) is 20.9 Å². The van der Waals surface area contributed by atoms with Crippen LogP contribution in [0.3, 0.4) is 0 Å². The summed E-state index contributed by atoms with van der Waals surface area (Å²) < 4.78 is 14.8. The Morgan fingerprint density at radius 3 is 2.62 bits per heavy atom. The molecule has 32 heavy (non-hydrogen) atoms. The van der Waals surface area contributed by atoms with Gasteiger partial charge in [0, 0.05) is 11.6 Å². The fourth-order valence-electron chi connectivity index (χ4n) is 6.93. The highest BCUT2D eigenvalue weighted by molar-refractivity contribution is 6.33. The van der Waals surface area contributed by atoms with Crippen LogP contribution in [0.15, 0.2) is 29.2 Å². The molecule has 0 radical (unpaired) electrons. The zero-order valence-corrected chi connectivity index (χ0v) is 18.9. The highest BCUT2D eigenvalue weighted by atomic mass is 35.5. The summed E-state index contributed by atoms with van der Waals surface area (Å²) in [5.74, 6) is -0.361. The van der Waals surface area contributed by atoms with Crippen molar-refractivity contribution in [1.29, 1.82) is 0 Å². The molecule has 0 amide bonds. The molecule has 0 spiro atoms. The van der Waals surface area contributed by atoms with Gasteiger partial charge in [-0.1, -0.05) is 29.3 Å². The van der Waals surface area contributed by atoms with Gasteiger partial charge < -0.3 is 10.4 Å². The van der Waals surface area contributed by atoms with Crippen LogP contribution in [0.25, 0.3) is 0 Å². The third-order valence-corrected chi connectivity index (χ3v) is 8.25. The van der Waals surface area contributed by atoms with E-state index in [1.54, 1.807) is 12.3 Å². The fraction of sp³-hybridized carbons (Fsp3) is 0.522. The molecule has 6 nitrogen and oxygen atoms in total. The molecule has 170 valence electrons. The van der Waals surface area contributed by atoms with E-state index < -0.39 is 17.3 Å². The number of nitrogens with zero attached hydrogens (tertiary/aromatic N) is 2. The van der Waals surface area contributed by atoms with Crippen molar-refractivity contribution in [2.24, 2.45) is 17.3 Å². The van der Waals surface area contributed by atoms with Crippen LogP contribution in [-0.2, 0) is 16.9 Å². The molecule has 4 bridgehead atoms. The number of nitrogens with one attached hydrogen (secondary N) is 1. The van der Waals surface area contributed by atoms with Crippen LogP contribution in [0.2, 0.25) is 10.0 Å². The number of halogens is 3. The minimum absolute atomic E-state index is 0.0428. The van der Waals surface area contributed by atoms with Gasteiger partial charge in [0.2, 0.25) is 0 Å². The standard InChI is InChI=1S/C23H24Cl2FN3O3/c24-17-4-16(26)2-1-15(17)10-27-18-11-28-29(21(32)20(18)25)23-7-13-3-14(8-23)6-22(5-13,12-23)9-19(30)31/h1-2,4,11,13-14,27H,3,5-10,12H2,(H,30,31)/t13-,14-,22?,23?/m0/s1. The molecule has 2 aromatic rings. The lowest BCUT2D eigenvalue weighted by molar-refractivity contribution is -0.151. The monoisotopic (exact) mass is 479 g/mol. The molecule has 0 unspecified atom stereocenters. The summed E-state index contributed by atoms with van der Waals surface area (Å²) in [5.41, 5.74) is -0.0451. The Labute approximate surface area is 194 Å². The Morgan fingerprint density at radius 1 is 1.25 bits per heavy atom. The number of hydrogen-bond donors (Lipinski definition) is 2. The van der Waals surface area contributed by atoms with Gasteiger partial charge in [0.05, 0.1) is 23.8 Å². The fourth-order valence-corrected chi connectivity index (χ4v) is 7.36. The summed E-state index contributed by atoms with van der Waals surface area (Å²) in [6.07, 6.45) is 6.95. The maximum Gasteiger partial charge on any atom is 0.303 e. The van der Waals surface area contributed by atoms with Gasteiger partial charge in [0.1, 0.15) is 10.8 Å². The second-order valence-electron chi connectivity index (χ2n) is 9.93. The lowest BCUT2D eigenvalue weighted by Gasteiger charge is -2.61. The Morgan fingerprint density at radius 2 is 1.97 bits per heavy atom. The van der Waals surface area contributed by atoms with Crippen LogP contribution in [0.1, 0.15) is 50.5 Å². The topological polar surface area (TPSA) is 84.2 Å². The van der Waals surface area contributed by atoms with Crippen LogP contribution >= 0.6 is 23.2 Å². The quantitative estimate of drug-likeness (QED) is 0.603. The predicted molar refractivity (Wildman–Crippen MR) is 120 cm³/mol. The lowest BCUT2D eigenvalue weighted by Crippen LogP contribution is -2.59. The van der Waals surface area contributed by atoms with Crippen molar-refractivity contribution in [3.05, 3.63) is 56.2 Å². The summed E-state index contributed by atoms with van der Waals surface area (Å²) >= 11 is 12.5. The second kappa shape index (κ2) is 7.73. The van der Waals surface area contributed by atoms with Gasteiger partial charge in [0.15, 0.2) is 0 Å². The number of aromatic nitrogens is 2. The molecule has 4 saturated carbocycles. The molecule has 6 rings (SSSR count). The van der Waals surface area contributed by atoms with Crippen molar-refractivity contribution < 1.29 is 14.3 Å². The number of carboxylic acids is 1. The van der Waals surface area contributed by atoms with Crippen molar-refractivity contribution >= 4 is 34.9 Å². The first-order valence-corrected chi connectivity index (χ1v) is 11.6. The highest BCUT2D eigenvalue weighted by Gasteiger charge is 2.59. The van der Waals surface area contributed by atoms with E-state index in [0.29, 0.717) is 29.5 Å². The predicted octanol–water partition coefficient (Wildman–Crippen LogP) is 5.07. The minimum atomic E-state index is -0.778. The van der Waals surface area contributed by atoms with E-state index in [-0.39, 0.29) is 34.0 Å². The highest BCUT2D eigenvalue weighted by Crippen LogP contribution is 2.65. The Hall–Kier alpha value is -2.12. The first-order chi connectivity index (χ1) is 15.2. The maximum absolute atomic E-state index is 13.3. The minimum Gasteiger partial charge on any atom is -0.481 e. The molecule has 0 aliphatic heterocycles. The number of benzene rings is 1. The zero-order chi connectivity index (χ0) is 22.7. The molecular weight excluding hydrogens is 456 g/mol. The Kier molecular flexibility index (Phi) is 5.25. The molecule has 1 aromatic heterocycles. The maximum atomic E-state index is 13.3. The summed E-state index contributed by atoms with van der Waals surface area (Å²) in [6, 6.07) is 4.13. The van der Waals surface area contributed by atoms with Crippen LogP contribution in [0.4, 0.5) is 10.1 Å². The third kappa shape index (κ3) is 3.69. The van der Waals surface area contributed by atoms with Crippen LogP contribution in [0.5, 0.6) is 0 Å². The van der Waals surface area contributed by atoms with Gasteiger partial charge in [-0.3, -0.25) is 9.59 Å². The number of anilines is 1. The lowest BCUT2D eigenvalue weighted by atomic mass is 9.46. The molecule has 1 heterocycles. The summed E-state index contributed by atoms with van der Waals surface area (Å²) in [4.78, 5) is 24.9. The molecule has 2 atom stereocenters. The summed E-state index contributed by atoms with van der Waals surface area (Å²) in [5, 5.41) is 17.4. The smallest absolute Gasteiger partial charge is 0.303 e. The number of aliphatic carboxylic acids is 1. The van der Waals surface area contributed by atoms with Crippen LogP contribution in [0, 0.1) is 23.1 Å². The molecule has 0 saturated heterocycles. The van der Waals surface area contributed by atoms with Crippen LogP contribution < -0.4 is 10.9 Å². The normalized spacial score (nSPS) is 30.5. The van der Waals surface area contributed by atoms with E-state index in [4.69, 9.17) is 23.2 Å². The van der Waals surface area contributed by atoms with Gasteiger partial charge in [-0.2, -0.15) is 5.10 Å². The van der Waals surface area contributed by atoms with Crippen molar-refractivity contribution in [3.63, 3.8) is 0 Å². The number of hydrogen-bond acceptors (Lipinski definition) is 4. The van der Waals surface area contributed by atoms with Crippen molar-refractivity contribution in [1.82, 2.24) is 9.78 Å².